The second kappa shape index (κ2) is 6.31. The maximum atomic E-state index is 6.09. The van der Waals surface area contributed by atoms with E-state index >= 15 is 0 Å². The first-order valence-electron chi connectivity index (χ1n) is 7.86. The molecular weight excluding hydrogens is 292 g/mol. The van der Waals surface area contributed by atoms with Gasteiger partial charge < -0.3 is 10.2 Å². The van der Waals surface area contributed by atoms with Gasteiger partial charge in [-0.05, 0) is 61.3 Å². The van der Waals surface area contributed by atoms with Crippen LogP contribution in [0, 0.1) is 0 Å². The summed E-state index contributed by atoms with van der Waals surface area (Å²) in [7, 11) is 4.19. The van der Waals surface area contributed by atoms with Gasteiger partial charge in [-0.15, -0.1) is 0 Å². The molecule has 3 heteroatoms. The molecule has 1 aliphatic rings. The van der Waals surface area contributed by atoms with E-state index in [1.165, 1.54) is 16.8 Å². The van der Waals surface area contributed by atoms with E-state index in [4.69, 9.17) is 11.6 Å². The summed E-state index contributed by atoms with van der Waals surface area (Å²) in [5.41, 5.74) is 4.11. The normalized spacial score (nSPS) is 17.2. The van der Waals surface area contributed by atoms with Gasteiger partial charge in [0.05, 0.1) is 0 Å². The van der Waals surface area contributed by atoms with Gasteiger partial charge in [0.15, 0.2) is 0 Å². The van der Waals surface area contributed by atoms with Crippen LogP contribution in [0.4, 0.5) is 5.69 Å². The van der Waals surface area contributed by atoms with Gasteiger partial charge in [-0.2, -0.15) is 0 Å². The molecule has 0 saturated carbocycles. The highest BCUT2D eigenvalue weighted by Crippen LogP contribution is 2.41. The number of nitrogens with zero attached hydrogens (tertiary/aromatic N) is 1. The highest BCUT2D eigenvalue weighted by Gasteiger charge is 2.35. The smallest absolute Gasteiger partial charge is 0.0406 e. The van der Waals surface area contributed by atoms with E-state index in [0.717, 1.165) is 31.0 Å². The Bertz CT molecular complexity index is 628. The van der Waals surface area contributed by atoms with E-state index in [1.54, 1.807) is 0 Å². The topological polar surface area (TPSA) is 15.3 Å². The van der Waals surface area contributed by atoms with Crippen molar-refractivity contribution in [1.82, 2.24) is 5.32 Å². The third-order valence-corrected chi connectivity index (χ3v) is 5.02. The first-order valence-corrected chi connectivity index (χ1v) is 8.24. The van der Waals surface area contributed by atoms with Crippen molar-refractivity contribution in [3.05, 3.63) is 64.7 Å². The van der Waals surface area contributed by atoms with Crippen molar-refractivity contribution in [2.75, 3.05) is 32.1 Å². The Morgan fingerprint density at radius 1 is 0.955 bits per heavy atom. The molecule has 1 fully saturated rings. The molecule has 3 rings (SSSR count). The summed E-state index contributed by atoms with van der Waals surface area (Å²) < 4.78 is 0. The quantitative estimate of drug-likeness (QED) is 0.918. The summed E-state index contributed by atoms with van der Waals surface area (Å²) in [5.74, 6) is 0. The average molecular weight is 315 g/mol. The lowest BCUT2D eigenvalue weighted by molar-refractivity contribution is 0.362. The van der Waals surface area contributed by atoms with Gasteiger partial charge in [0, 0.05) is 30.2 Å². The molecule has 2 aromatic carbocycles. The van der Waals surface area contributed by atoms with Crippen LogP contribution in [0.1, 0.15) is 24.0 Å². The number of halogens is 1. The fraction of sp³-hybridized carbons (Fsp3) is 0.368. The van der Waals surface area contributed by atoms with E-state index in [0.29, 0.717) is 0 Å². The van der Waals surface area contributed by atoms with Crippen molar-refractivity contribution < 1.29 is 0 Å². The zero-order valence-corrected chi connectivity index (χ0v) is 14.0. The van der Waals surface area contributed by atoms with Crippen LogP contribution in [0.5, 0.6) is 0 Å². The lowest BCUT2D eigenvalue weighted by Crippen LogP contribution is -2.40. The molecule has 1 saturated heterocycles. The molecule has 2 nitrogen and oxygen atoms in total. The molecule has 0 aromatic heterocycles. The van der Waals surface area contributed by atoms with Gasteiger partial charge in [-0.1, -0.05) is 35.9 Å². The highest BCUT2D eigenvalue weighted by molar-refractivity contribution is 6.30. The SMILES string of the molecule is CN(C)c1cccc(C2(c3ccc(Cl)cc3)CCNCC2)c1. The first-order chi connectivity index (χ1) is 10.6. The van der Waals surface area contributed by atoms with Crippen molar-refractivity contribution in [3.8, 4) is 0 Å². The van der Waals surface area contributed by atoms with Gasteiger partial charge in [0.1, 0.15) is 0 Å². The van der Waals surface area contributed by atoms with Crippen molar-refractivity contribution in [3.63, 3.8) is 0 Å². The number of nitrogens with one attached hydrogen (secondary N) is 1. The minimum absolute atomic E-state index is 0.0852. The van der Waals surface area contributed by atoms with Crippen LogP contribution >= 0.6 is 11.6 Å². The van der Waals surface area contributed by atoms with Crippen molar-refractivity contribution in [1.29, 1.82) is 0 Å². The molecule has 0 amide bonds. The van der Waals surface area contributed by atoms with E-state index in [2.05, 4.69) is 60.7 Å². The minimum atomic E-state index is 0.0852. The van der Waals surface area contributed by atoms with Crippen LogP contribution in [-0.4, -0.2) is 27.2 Å². The van der Waals surface area contributed by atoms with Crippen LogP contribution in [0.15, 0.2) is 48.5 Å². The second-order valence-corrected chi connectivity index (χ2v) is 6.72. The number of rotatable bonds is 3. The number of benzene rings is 2. The Kier molecular flexibility index (Phi) is 4.42. The Morgan fingerprint density at radius 3 is 2.27 bits per heavy atom. The molecule has 1 aliphatic heterocycles. The summed E-state index contributed by atoms with van der Waals surface area (Å²) in [4.78, 5) is 2.17. The Labute approximate surface area is 138 Å². The van der Waals surface area contributed by atoms with Gasteiger partial charge in [0.25, 0.3) is 0 Å². The van der Waals surface area contributed by atoms with E-state index in [9.17, 15) is 0 Å². The maximum absolute atomic E-state index is 6.09. The first kappa shape index (κ1) is 15.4. The van der Waals surface area contributed by atoms with Crippen molar-refractivity contribution in [2.45, 2.75) is 18.3 Å². The largest absolute Gasteiger partial charge is 0.378 e. The summed E-state index contributed by atoms with van der Waals surface area (Å²) in [6, 6.07) is 17.3. The number of piperidine rings is 1. The van der Waals surface area contributed by atoms with Crippen LogP contribution in [0.25, 0.3) is 0 Å². The van der Waals surface area contributed by atoms with Crippen LogP contribution in [-0.2, 0) is 5.41 Å². The number of hydrogen-bond donors (Lipinski definition) is 1. The predicted molar refractivity (Wildman–Crippen MR) is 95.1 cm³/mol. The predicted octanol–water partition coefficient (Wildman–Crippen LogP) is 4.08. The second-order valence-electron chi connectivity index (χ2n) is 6.28. The van der Waals surface area contributed by atoms with Crippen LogP contribution < -0.4 is 10.2 Å². The molecule has 2 aromatic rings. The molecule has 0 aliphatic carbocycles. The Balaban J connectivity index is 2.09. The van der Waals surface area contributed by atoms with Gasteiger partial charge >= 0.3 is 0 Å². The maximum Gasteiger partial charge on any atom is 0.0406 e. The third kappa shape index (κ3) is 2.86. The highest BCUT2D eigenvalue weighted by atomic mass is 35.5. The van der Waals surface area contributed by atoms with Crippen LogP contribution in [0.2, 0.25) is 5.02 Å². The monoisotopic (exact) mass is 314 g/mol. The van der Waals surface area contributed by atoms with E-state index < -0.39 is 0 Å². The molecule has 0 bridgehead atoms. The van der Waals surface area contributed by atoms with E-state index in [-0.39, 0.29) is 5.41 Å². The fourth-order valence-electron chi connectivity index (χ4n) is 3.45. The average Bonchev–Trinajstić information content (AvgIpc) is 2.56. The Morgan fingerprint density at radius 2 is 1.64 bits per heavy atom. The Hall–Kier alpha value is -1.51. The molecular formula is C19H23ClN2. The molecule has 0 unspecified atom stereocenters. The fourth-order valence-corrected chi connectivity index (χ4v) is 3.57. The summed E-state index contributed by atoms with van der Waals surface area (Å²) in [6.07, 6.45) is 2.23. The summed E-state index contributed by atoms with van der Waals surface area (Å²) >= 11 is 6.09. The molecule has 0 radical (unpaired) electrons. The zero-order valence-electron chi connectivity index (χ0n) is 13.3. The molecule has 22 heavy (non-hydrogen) atoms. The zero-order chi connectivity index (χ0) is 15.6. The van der Waals surface area contributed by atoms with E-state index in [1.807, 2.05) is 12.1 Å². The third-order valence-electron chi connectivity index (χ3n) is 4.77. The van der Waals surface area contributed by atoms with Crippen molar-refractivity contribution >= 4 is 17.3 Å². The molecule has 116 valence electrons. The van der Waals surface area contributed by atoms with Gasteiger partial charge in [-0.25, -0.2) is 0 Å². The molecule has 0 atom stereocenters. The van der Waals surface area contributed by atoms with Gasteiger partial charge in [-0.3, -0.25) is 0 Å². The summed E-state index contributed by atoms with van der Waals surface area (Å²) in [5, 5.41) is 4.29. The molecule has 1 heterocycles. The van der Waals surface area contributed by atoms with Crippen molar-refractivity contribution in [2.24, 2.45) is 0 Å². The lowest BCUT2D eigenvalue weighted by Gasteiger charge is -2.39. The molecule has 0 spiro atoms. The molecule has 1 N–H and O–H groups in total. The number of anilines is 1. The number of hydrogen-bond acceptors (Lipinski definition) is 2. The van der Waals surface area contributed by atoms with Gasteiger partial charge in [0.2, 0.25) is 0 Å². The minimum Gasteiger partial charge on any atom is -0.378 e. The summed E-state index contributed by atoms with van der Waals surface area (Å²) in [6.45, 7) is 2.10. The van der Waals surface area contributed by atoms with Crippen LogP contribution in [0.3, 0.4) is 0 Å². The lowest BCUT2D eigenvalue weighted by atomic mass is 9.68. The standard InChI is InChI=1S/C19H23ClN2/c1-22(2)18-5-3-4-16(14-18)19(10-12-21-13-11-19)15-6-8-17(20)9-7-15/h3-9,14,21H,10-13H2,1-2H3.